The molecule has 2 aromatic rings. The van der Waals surface area contributed by atoms with Crippen LogP contribution in [-0.2, 0) is 25.6 Å². The third kappa shape index (κ3) is 5.25. The Morgan fingerprint density at radius 2 is 2.03 bits per heavy atom. The number of hydrogen-bond acceptors (Lipinski definition) is 8. The zero-order valence-electron chi connectivity index (χ0n) is 19.7. The van der Waals surface area contributed by atoms with Crippen LogP contribution < -0.4 is 15.1 Å². The second-order valence-corrected chi connectivity index (χ2v) is 8.96. The van der Waals surface area contributed by atoms with Crippen molar-refractivity contribution >= 4 is 29.3 Å². The van der Waals surface area contributed by atoms with Gasteiger partial charge in [-0.2, -0.15) is 0 Å². The van der Waals surface area contributed by atoms with Gasteiger partial charge in [0.2, 0.25) is 11.8 Å². The van der Waals surface area contributed by atoms with Crippen LogP contribution in [-0.4, -0.2) is 95.9 Å². The van der Waals surface area contributed by atoms with Crippen LogP contribution >= 0.6 is 0 Å². The van der Waals surface area contributed by atoms with E-state index in [1.165, 1.54) is 11.0 Å². The number of piperazine rings is 1. The van der Waals surface area contributed by atoms with Crippen molar-refractivity contribution in [3.05, 3.63) is 36.4 Å². The molecule has 4 heterocycles. The fourth-order valence-corrected chi connectivity index (χ4v) is 4.66. The van der Waals surface area contributed by atoms with E-state index in [-0.39, 0.29) is 24.9 Å². The molecule has 1 N–H and O–H groups in total. The first-order valence-electron chi connectivity index (χ1n) is 12.0. The third-order valence-corrected chi connectivity index (χ3v) is 6.59. The van der Waals surface area contributed by atoms with Crippen molar-refractivity contribution in [3.63, 3.8) is 0 Å². The van der Waals surface area contributed by atoms with Crippen LogP contribution in [0.1, 0.15) is 12.8 Å². The van der Waals surface area contributed by atoms with E-state index in [0.717, 1.165) is 6.42 Å². The summed E-state index contributed by atoms with van der Waals surface area (Å²) in [5, 5.41) is 10.3. The number of ether oxygens (including phenoxy) is 2. The summed E-state index contributed by atoms with van der Waals surface area (Å²) >= 11 is 0. The standard InChI is InChI=1S/C23H28FN7O5/c24-18-12-16(31-15-17(36-23(31)34)14-30-6-5-26-27-30)3-4-19(18)28-7-9-29(10-8-28)21(32)13-25-22(33)20-2-1-11-35-20/h3-6,12,17,20H,1-2,7-11,13-15H2,(H,25,33)/t17-,20?/m0/s1. The molecule has 3 aliphatic heterocycles. The van der Waals surface area contributed by atoms with Crippen LogP contribution in [0.15, 0.2) is 30.6 Å². The number of rotatable bonds is 7. The Balaban J connectivity index is 1.12. The number of benzene rings is 1. The maximum atomic E-state index is 15.0. The number of carbonyl (C=O) groups excluding carboxylic acids is 3. The molecule has 13 heteroatoms. The van der Waals surface area contributed by atoms with Crippen molar-refractivity contribution in [2.45, 2.75) is 31.6 Å². The Morgan fingerprint density at radius 3 is 2.72 bits per heavy atom. The van der Waals surface area contributed by atoms with E-state index >= 15 is 4.39 Å². The zero-order chi connectivity index (χ0) is 25.1. The lowest BCUT2D eigenvalue weighted by molar-refractivity contribution is -0.136. The lowest BCUT2D eigenvalue weighted by atomic mass is 10.2. The van der Waals surface area contributed by atoms with Gasteiger partial charge >= 0.3 is 6.09 Å². The third-order valence-electron chi connectivity index (χ3n) is 6.59. The molecule has 1 aromatic heterocycles. The van der Waals surface area contributed by atoms with Crippen molar-refractivity contribution < 1.29 is 28.2 Å². The highest BCUT2D eigenvalue weighted by molar-refractivity contribution is 5.90. The Bertz CT molecular complexity index is 1100. The number of hydrogen-bond donors (Lipinski definition) is 1. The molecule has 3 amide bonds. The van der Waals surface area contributed by atoms with Crippen LogP contribution in [0.5, 0.6) is 0 Å². The predicted octanol–water partition coefficient (Wildman–Crippen LogP) is 0.386. The van der Waals surface area contributed by atoms with Gasteiger partial charge < -0.3 is 24.6 Å². The second-order valence-electron chi connectivity index (χ2n) is 8.96. The molecule has 0 bridgehead atoms. The average Bonchev–Trinajstić information content (AvgIpc) is 3.66. The molecule has 3 saturated heterocycles. The first kappa shape index (κ1) is 24.0. The molecule has 3 aliphatic rings. The molecule has 1 unspecified atom stereocenters. The van der Waals surface area contributed by atoms with Gasteiger partial charge in [-0.05, 0) is 31.0 Å². The summed E-state index contributed by atoms with van der Waals surface area (Å²) in [5.41, 5.74) is 0.822. The summed E-state index contributed by atoms with van der Waals surface area (Å²) < 4.78 is 27.3. The van der Waals surface area contributed by atoms with Gasteiger partial charge in [0, 0.05) is 39.0 Å². The highest BCUT2D eigenvalue weighted by atomic mass is 19.1. The van der Waals surface area contributed by atoms with Crippen LogP contribution in [0.4, 0.5) is 20.6 Å². The number of nitrogens with one attached hydrogen (secondary N) is 1. The van der Waals surface area contributed by atoms with E-state index in [1.54, 1.807) is 34.1 Å². The molecule has 36 heavy (non-hydrogen) atoms. The molecule has 3 fully saturated rings. The largest absolute Gasteiger partial charge is 0.442 e. The Kier molecular flexibility index (Phi) is 6.98. The van der Waals surface area contributed by atoms with Gasteiger partial charge in [0.05, 0.1) is 37.2 Å². The van der Waals surface area contributed by atoms with Crippen LogP contribution in [0, 0.1) is 5.82 Å². The number of nitrogens with zero attached hydrogens (tertiary/aromatic N) is 6. The predicted molar refractivity (Wildman–Crippen MR) is 125 cm³/mol. The van der Waals surface area contributed by atoms with E-state index in [4.69, 9.17) is 9.47 Å². The summed E-state index contributed by atoms with van der Waals surface area (Å²) in [6, 6.07) is 4.66. The van der Waals surface area contributed by atoms with Gasteiger partial charge in [-0.1, -0.05) is 5.21 Å². The number of halogens is 1. The van der Waals surface area contributed by atoms with Gasteiger partial charge in [-0.25, -0.2) is 13.9 Å². The number of amides is 3. The summed E-state index contributed by atoms with van der Waals surface area (Å²) in [4.78, 5) is 41.8. The SMILES string of the molecule is O=C(NCC(=O)N1CCN(c2ccc(N3C[C@H](Cn4ccnn4)OC3=O)cc2F)CC1)C1CCCO1. The fourth-order valence-electron chi connectivity index (χ4n) is 4.66. The molecule has 0 aliphatic carbocycles. The quantitative estimate of drug-likeness (QED) is 0.578. The Morgan fingerprint density at radius 1 is 1.19 bits per heavy atom. The topological polar surface area (TPSA) is 122 Å². The molecule has 2 atom stereocenters. The lowest BCUT2D eigenvalue weighted by Gasteiger charge is -2.36. The molecule has 0 saturated carbocycles. The number of cyclic esters (lactones) is 1. The fraction of sp³-hybridized carbons (Fsp3) is 0.522. The molecule has 0 radical (unpaired) electrons. The van der Waals surface area contributed by atoms with Crippen LogP contribution in [0.3, 0.4) is 0 Å². The first-order valence-corrected chi connectivity index (χ1v) is 12.0. The highest BCUT2D eigenvalue weighted by Crippen LogP contribution is 2.29. The van der Waals surface area contributed by atoms with E-state index in [9.17, 15) is 14.4 Å². The minimum absolute atomic E-state index is 0.0778. The smallest absolute Gasteiger partial charge is 0.414 e. The summed E-state index contributed by atoms with van der Waals surface area (Å²) in [7, 11) is 0. The van der Waals surface area contributed by atoms with Crippen molar-refractivity contribution in [2.24, 2.45) is 0 Å². The van der Waals surface area contributed by atoms with Gasteiger partial charge in [-0.3, -0.25) is 14.5 Å². The van der Waals surface area contributed by atoms with Crippen molar-refractivity contribution in [1.82, 2.24) is 25.2 Å². The van der Waals surface area contributed by atoms with E-state index in [1.807, 2.05) is 4.90 Å². The maximum absolute atomic E-state index is 15.0. The average molecular weight is 502 g/mol. The molecular formula is C23H28FN7O5. The van der Waals surface area contributed by atoms with E-state index < -0.39 is 24.1 Å². The van der Waals surface area contributed by atoms with Crippen LogP contribution in [0.25, 0.3) is 0 Å². The van der Waals surface area contributed by atoms with Crippen molar-refractivity contribution in [3.8, 4) is 0 Å². The number of anilines is 2. The molecule has 1 aromatic carbocycles. The monoisotopic (exact) mass is 501 g/mol. The van der Waals surface area contributed by atoms with Crippen LogP contribution in [0.2, 0.25) is 0 Å². The van der Waals surface area contributed by atoms with Crippen molar-refractivity contribution in [1.29, 1.82) is 0 Å². The summed E-state index contributed by atoms with van der Waals surface area (Å²) in [5.74, 6) is -0.887. The molecule has 0 spiro atoms. The lowest BCUT2D eigenvalue weighted by Crippen LogP contribution is -2.52. The second kappa shape index (κ2) is 10.5. The highest BCUT2D eigenvalue weighted by Gasteiger charge is 2.33. The Hall–Kier alpha value is -3.74. The zero-order valence-corrected chi connectivity index (χ0v) is 19.7. The summed E-state index contributed by atoms with van der Waals surface area (Å²) in [6.07, 6.45) is 3.32. The van der Waals surface area contributed by atoms with Gasteiger partial charge in [0.1, 0.15) is 18.0 Å². The molecule has 5 rings (SSSR count). The van der Waals surface area contributed by atoms with E-state index in [2.05, 4.69) is 15.6 Å². The Labute approximate surface area is 206 Å². The minimum atomic E-state index is -0.536. The number of aromatic nitrogens is 3. The van der Waals surface area contributed by atoms with E-state index in [0.29, 0.717) is 57.1 Å². The minimum Gasteiger partial charge on any atom is -0.442 e. The number of carbonyl (C=O) groups is 3. The van der Waals surface area contributed by atoms with Crippen molar-refractivity contribution in [2.75, 3.05) is 55.7 Å². The normalized spacial score (nSPS) is 22.1. The molecule has 192 valence electrons. The van der Waals surface area contributed by atoms with Gasteiger partial charge in [-0.15, -0.1) is 5.10 Å². The molecule has 12 nitrogen and oxygen atoms in total. The van der Waals surface area contributed by atoms with Gasteiger partial charge in [0.15, 0.2) is 0 Å². The molecular weight excluding hydrogens is 473 g/mol. The maximum Gasteiger partial charge on any atom is 0.414 e. The first-order chi connectivity index (χ1) is 17.5. The summed E-state index contributed by atoms with van der Waals surface area (Å²) in [6.45, 7) is 2.87. The van der Waals surface area contributed by atoms with Gasteiger partial charge in [0.25, 0.3) is 0 Å².